The van der Waals surface area contributed by atoms with Crippen molar-refractivity contribution in [2.75, 3.05) is 13.1 Å². The van der Waals surface area contributed by atoms with Gasteiger partial charge in [-0.05, 0) is 36.3 Å². The van der Waals surface area contributed by atoms with Gasteiger partial charge < -0.3 is 10.0 Å². The van der Waals surface area contributed by atoms with Gasteiger partial charge in [-0.3, -0.25) is 9.89 Å². The summed E-state index contributed by atoms with van der Waals surface area (Å²) in [5.41, 5.74) is 1.15. The number of nitriles is 1. The molecule has 2 N–H and O–H groups in total. The summed E-state index contributed by atoms with van der Waals surface area (Å²) in [5, 5.41) is 28.3. The lowest BCUT2D eigenvalue weighted by Crippen LogP contribution is -2.43. The maximum atomic E-state index is 11.9. The van der Waals surface area contributed by atoms with Gasteiger partial charge in [0.15, 0.2) is 0 Å². The topological polar surface area (TPSA) is 93.0 Å². The summed E-state index contributed by atoms with van der Waals surface area (Å²) in [6.07, 6.45) is 2.51. The SMILES string of the molecule is CC(C)(C1CCN(C(=O)CC#N)CC1)C(O)c1cc(Cl)cc2cn[nH]c12. The highest BCUT2D eigenvalue weighted by Gasteiger charge is 2.40. The number of nitrogens with one attached hydrogen (secondary N) is 1. The van der Waals surface area contributed by atoms with Crippen molar-refractivity contribution in [1.29, 1.82) is 5.26 Å². The van der Waals surface area contributed by atoms with E-state index in [0.29, 0.717) is 18.1 Å². The third-order valence-electron chi connectivity index (χ3n) is 5.67. The van der Waals surface area contributed by atoms with Crippen LogP contribution in [0.1, 0.15) is 44.8 Å². The van der Waals surface area contributed by atoms with E-state index in [9.17, 15) is 9.90 Å². The van der Waals surface area contributed by atoms with Crippen LogP contribution in [0.25, 0.3) is 10.9 Å². The quantitative estimate of drug-likeness (QED) is 0.857. The Bertz CT molecular complexity index is 847. The Morgan fingerprint density at radius 2 is 2.19 bits per heavy atom. The number of fused-ring (bicyclic) bond motifs is 1. The molecule has 1 atom stereocenters. The van der Waals surface area contributed by atoms with Gasteiger partial charge in [-0.1, -0.05) is 25.4 Å². The summed E-state index contributed by atoms with van der Waals surface area (Å²) in [4.78, 5) is 13.6. The number of H-pyrrole nitrogens is 1. The predicted octanol–water partition coefficient (Wildman–Crippen LogP) is 3.43. The number of aliphatic hydroxyl groups is 1. The number of aliphatic hydroxyl groups excluding tert-OH is 1. The first-order chi connectivity index (χ1) is 12.3. The van der Waals surface area contributed by atoms with E-state index in [1.54, 1.807) is 17.2 Å². The van der Waals surface area contributed by atoms with Crippen molar-refractivity contribution in [2.45, 2.75) is 39.2 Å². The molecule has 7 heteroatoms. The predicted molar refractivity (Wildman–Crippen MR) is 99.4 cm³/mol. The molecule has 0 spiro atoms. The number of aromatic amines is 1. The van der Waals surface area contributed by atoms with Crippen molar-refractivity contribution >= 4 is 28.4 Å². The number of hydrogen-bond acceptors (Lipinski definition) is 4. The van der Waals surface area contributed by atoms with Gasteiger partial charge in [0.05, 0.1) is 23.9 Å². The van der Waals surface area contributed by atoms with Crippen LogP contribution in [0.15, 0.2) is 18.3 Å². The zero-order valence-electron chi connectivity index (χ0n) is 15.0. The number of nitrogens with zero attached hydrogens (tertiary/aromatic N) is 3. The molecule has 2 aromatic rings. The van der Waals surface area contributed by atoms with E-state index >= 15 is 0 Å². The molecule has 1 unspecified atom stereocenters. The smallest absolute Gasteiger partial charge is 0.236 e. The number of piperidine rings is 1. The molecule has 1 aliphatic heterocycles. The molecule has 1 aromatic heterocycles. The van der Waals surface area contributed by atoms with Crippen LogP contribution in [-0.4, -0.2) is 39.2 Å². The zero-order valence-corrected chi connectivity index (χ0v) is 15.8. The van der Waals surface area contributed by atoms with Crippen LogP contribution in [0.2, 0.25) is 5.02 Å². The Labute approximate surface area is 157 Å². The molecule has 0 radical (unpaired) electrons. The lowest BCUT2D eigenvalue weighted by atomic mass is 9.68. The van der Waals surface area contributed by atoms with E-state index in [1.807, 2.05) is 12.1 Å². The average molecular weight is 375 g/mol. The lowest BCUT2D eigenvalue weighted by molar-refractivity contribution is -0.132. The summed E-state index contributed by atoms with van der Waals surface area (Å²) < 4.78 is 0. The summed E-state index contributed by atoms with van der Waals surface area (Å²) in [6.45, 7) is 5.35. The molecule has 26 heavy (non-hydrogen) atoms. The second kappa shape index (κ2) is 7.26. The third kappa shape index (κ3) is 3.42. The maximum absolute atomic E-state index is 11.9. The minimum absolute atomic E-state index is 0.0724. The van der Waals surface area contributed by atoms with Crippen LogP contribution in [0.5, 0.6) is 0 Å². The van der Waals surface area contributed by atoms with Crippen molar-refractivity contribution in [2.24, 2.45) is 11.3 Å². The highest BCUT2D eigenvalue weighted by atomic mass is 35.5. The van der Waals surface area contributed by atoms with Gasteiger partial charge in [-0.25, -0.2) is 0 Å². The second-order valence-electron chi connectivity index (χ2n) is 7.54. The van der Waals surface area contributed by atoms with Gasteiger partial charge in [-0.15, -0.1) is 0 Å². The lowest BCUT2D eigenvalue weighted by Gasteiger charge is -2.43. The van der Waals surface area contributed by atoms with Crippen LogP contribution in [-0.2, 0) is 4.79 Å². The monoisotopic (exact) mass is 374 g/mol. The van der Waals surface area contributed by atoms with Crippen molar-refractivity contribution < 1.29 is 9.90 Å². The van der Waals surface area contributed by atoms with E-state index in [4.69, 9.17) is 16.9 Å². The number of rotatable bonds is 4. The minimum Gasteiger partial charge on any atom is -0.388 e. The molecule has 1 aliphatic rings. The number of amides is 1. The van der Waals surface area contributed by atoms with Gasteiger partial charge in [0, 0.05) is 29.1 Å². The fourth-order valence-corrected chi connectivity index (χ4v) is 4.17. The van der Waals surface area contributed by atoms with Gasteiger partial charge in [0.25, 0.3) is 0 Å². The maximum Gasteiger partial charge on any atom is 0.236 e. The van der Waals surface area contributed by atoms with Crippen molar-refractivity contribution in [3.05, 3.63) is 28.9 Å². The Morgan fingerprint density at radius 3 is 2.85 bits per heavy atom. The molecule has 1 saturated heterocycles. The van der Waals surface area contributed by atoms with E-state index in [1.165, 1.54) is 0 Å². The first kappa shape index (κ1) is 18.7. The van der Waals surface area contributed by atoms with E-state index in [2.05, 4.69) is 24.0 Å². The molecule has 138 valence electrons. The Kier molecular flexibility index (Phi) is 5.22. The van der Waals surface area contributed by atoms with Crippen molar-refractivity contribution in [1.82, 2.24) is 15.1 Å². The molecule has 1 aromatic carbocycles. The molecule has 6 nitrogen and oxygen atoms in total. The largest absolute Gasteiger partial charge is 0.388 e. The van der Waals surface area contributed by atoms with Crippen LogP contribution >= 0.6 is 11.6 Å². The number of aromatic nitrogens is 2. The van der Waals surface area contributed by atoms with E-state index in [-0.39, 0.29) is 18.2 Å². The van der Waals surface area contributed by atoms with Crippen LogP contribution in [0.3, 0.4) is 0 Å². The average Bonchev–Trinajstić information content (AvgIpc) is 3.09. The molecule has 0 bridgehead atoms. The van der Waals surface area contributed by atoms with E-state index in [0.717, 1.165) is 29.3 Å². The normalized spacial score (nSPS) is 17.3. The summed E-state index contributed by atoms with van der Waals surface area (Å²) in [7, 11) is 0. The molecule has 3 rings (SSSR count). The first-order valence-electron chi connectivity index (χ1n) is 8.80. The number of benzene rings is 1. The molecule has 0 saturated carbocycles. The first-order valence-corrected chi connectivity index (χ1v) is 9.17. The minimum atomic E-state index is -0.712. The third-order valence-corrected chi connectivity index (χ3v) is 5.89. The molecular weight excluding hydrogens is 352 g/mol. The molecule has 2 heterocycles. The van der Waals surface area contributed by atoms with E-state index < -0.39 is 11.5 Å². The standard InChI is InChI=1S/C19H23ClN4O2/c1-19(2,13-4-7-24(8-5-13)16(25)3-6-21)18(26)15-10-14(20)9-12-11-22-23-17(12)15/h9-11,13,18,26H,3-5,7-8H2,1-2H3,(H,22,23). The number of likely N-dealkylation sites (tertiary alicyclic amines) is 1. The summed E-state index contributed by atoms with van der Waals surface area (Å²) in [6, 6.07) is 5.53. The highest BCUT2D eigenvalue weighted by molar-refractivity contribution is 6.31. The second-order valence-corrected chi connectivity index (χ2v) is 7.98. The summed E-state index contributed by atoms with van der Waals surface area (Å²) in [5.74, 6) is 0.138. The number of halogens is 1. The highest BCUT2D eigenvalue weighted by Crippen LogP contribution is 2.46. The van der Waals surface area contributed by atoms with Gasteiger partial charge in [0.2, 0.25) is 5.91 Å². The Hall–Kier alpha value is -2.10. The zero-order chi connectivity index (χ0) is 18.9. The Balaban J connectivity index is 1.79. The number of hydrogen-bond donors (Lipinski definition) is 2. The molecule has 1 fully saturated rings. The fourth-order valence-electron chi connectivity index (χ4n) is 3.94. The van der Waals surface area contributed by atoms with Gasteiger partial charge in [-0.2, -0.15) is 10.4 Å². The number of carbonyl (C=O) groups is 1. The van der Waals surface area contributed by atoms with Gasteiger partial charge >= 0.3 is 0 Å². The van der Waals surface area contributed by atoms with Crippen molar-refractivity contribution in [3.8, 4) is 6.07 Å². The fraction of sp³-hybridized carbons (Fsp3) is 0.526. The molecule has 1 amide bonds. The van der Waals surface area contributed by atoms with Crippen LogP contribution in [0, 0.1) is 22.7 Å². The van der Waals surface area contributed by atoms with Crippen LogP contribution in [0.4, 0.5) is 0 Å². The molecular formula is C19H23ClN4O2. The summed E-state index contributed by atoms with van der Waals surface area (Å²) >= 11 is 6.22. The van der Waals surface area contributed by atoms with Crippen LogP contribution < -0.4 is 0 Å². The Morgan fingerprint density at radius 1 is 1.50 bits per heavy atom. The van der Waals surface area contributed by atoms with Gasteiger partial charge in [0.1, 0.15) is 6.42 Å². The molecule has 0 aliphatic carbocycles. The number of carbonyl (C=O) groups excluding carboxylic acids is 1. The van der Waals surface area contributed by atoms with Crippen molar-refractivity contribution in [3.63, 3.8) is 0 Å².